The fourth-order valence-electron chi connectivity index (χ4n) is 3.97. The third kappa shape index (κ3) is 8.77. The van der Waals surface area contributed by atoms with E-state index in [4.69, 9.17) is 0 Å². The van der Waals surface area contributed by atoms with Gasteiger partial charge in [-0.05, 0) is 48.7 Å². The number of benzene rings is 1. The van der Waals surface area contributed by atoms with Gasteiger partial charge in [-0.1, -0.05) is 56.3 Å². The summed E-state index contributed by atoms with van der Waals surface area (Å²) in [5, 5.41) is 9.34. The summed E-state index contributed by atoms with van der Waals surface area (Å²) in [5.41, 5.74) is 5.24. The molecule has 0 radical (unpaired) electrons. The predicted molar refractivity (Wildman–Crippen MR) is 132 cm³/mol. The molecular formula is C23H35N3O5S2. The minimum absolute atomic E-state index is 0.0746. The van der Waals surface area contributed by atoms with E-state index in [1.165, 1.54) is 0 Å². The summed E-state index contributed by atoms with van der Waals surface area (Å²) in [6.45, 7) is 3.86. The van der Waals surface area contributed by atoms with Gasteiger partial charge in [-0.25, -0.2) is 13.9 Å². The van der Waals surface area contributed by atoms with Crippen molar-refractivity contribution in [1.82, 2.24) is 15.3 Å². The zero-order valence-electron chi connectivity index (χ0n) is 19.4. The lowest BCUT2D eigenvalue weighted by Crippen LogP contribution is -2.55. The highest BCUT2D eigenvalue weighted by Crippen LogP contribution is 2.27. The van der Waals surface area contributed by atoms with Crippen molar-refractivity contribution in [2.45, 2.75) is 45.6 Å². The number of amides is 2. The van der Waals surface area contributed by atoms with E-state index < -0.39 is 33.7 Å². The van der Waals surface area contributed by atoms with Crippen LogP contribution in [0.25, 0.3) is 6.08 Å². The van der Waals surface area contributed by atoms with Crippen LogP contribution in [0.1, 0.15) is 45.1 Å². The van der Waals surface area contributed by atoms with Crippen molar-refractivity contribution >= 4 is 39.7 Å². The number of allylic oxidation sites excluding steroid dienone is 1. The Morgan fingerprint density at radius 3 is 2.33 bits per heavy atom. The Hall–Kier alpha value is -1.88. The van der Waals surface area contributed by atoms with E-state index in [2.05, 4.69) is 5.43 Å². The van der Waals surface area contributed by atoms with Crippen LogP contribution in [0.15, 0.2) is 36.4 Å². The Balaban J connectivity index is 2.26. The summed E-state index contributed by atoms with van der Waals surface area (Å²) >= 11 is 1.76. The minimum atomic E-state index is -3.70. The fourth-order valence-corrected chi connectivity index (χ4v) is 6.06. The van der Waals surface area contributed by atoms with E-state index in [1.807, 2.05) is 50.3 Å². The molecule has 10 heteroatoms. The minimum Gasteiger partial charge on any atom is -0.289 e. The molecule has 2 rings (SSSR count). The number of hydrogen-bond acceptors (Lipinski definition) is 6. The number of sulfonamides is 1. The first-order valence-electron chi connectivity index (χ1n) is 11.2. The normalized spacial score (nSPS) is 17.3. The third-order valence-electron chi connectivity index (χ3n) is 5.59. The van der Waals surface area contributed by atoms with E-state index >= 15 is 0 Å². The number of carbonyl (C=O) groups excluding carboxylic acids is 2. The van der Waals surface area contributed by atoms with Crippen molar-refractivity contribution in [2.24, 2.45) is 17.8 Å². The van der Waals surface area contributed by atoms with E-state index in [-0.39, 0.29) is 18.4 Å². The van der Waals surface area contributed by atoms with Crippen LogP contribution in [0.5, 0.6) is 0 Å². The average molecular weight is 498 g/mol. The van der Waals surface area contributed by atoms with Crippen LogP contribution in [-0.4, -0.2) is 53.7 Å². The maximum absolute atomic E-state index is 13.4. The molecule has 33 heavy (non-hydrogen) atoms. The number of nitrogens with one attached hydrogen (secondary N) is 2. The van der Waals surface area contributed by atoms with Gasteiger partial charge in [0.05, 0.1) is 18.1 Å². The van der Waals surface area contributed by atoms with Gasteiger partial charge in [0, 0.05) is 6.04 Å². The smallest absolute Gasteiger partial charge is 0.247 e. The van der Waals surface area contributed by atoms with Gasteiger partial charge in [0.1, 0.15) is 0 Å². The van der Waals surface area contributed by atoms with Gasteiger partial charge in [-0.3, -0.25) is 20.2 Å². The van der Waals surface area contributed by atoms with Crippen molar-refractivity contribution in [3.63, 3.8) is 0 Å². The van der Waals surface area contributed by atoms with Crippen LogP contribution in [0.3, 0.4) is 0 Å². The van der Waals surface area contributed by atoms with Gasteiger partial charge in [0.2, 0.25) is 21.8 Å². The number of nitrogens with zero attached hydrogens (tertiary/aromatic N) is 1. The zero-order chi connectivity index (χ0) is 24.4. The molecule has 1 saturated heterocycles. The molecule has 3 N–H and O–H groups in total. The van der Waals surface area contributed by atoms with Gasteiger partial charge >= 0.3 is 0 Å². The van der Waals surface area contributed by atoms with Crippen LogP contribution >= 0.6 is 11.8 Å². The Kier molecular flexibility index (Phi) is 10.9. The number of rotatable bonds is 11. The molecule has 0 aliphatic carbocycles. The summed E-state index contributed by atoms with van der Waals surface area (Å²) in [5.74, 6) is -1.17. The predicted octanol–water partition coefficient (Wildman–Crippen LogP) is 3.06. The van der Waals surface area contributed by atoms with Gasteiger partial charge in [0.25, 0.3) is 0 Å². The molecule has 2 atom stereocenters. The highest BCUT2D eigenvalue weighted by atomic mass is 32.2. The van der Waals surface area contributed by atoms with Crippen LogP contribution < -0.4 is 10.9 Å². The average Bonchev–Trinajstić information content (AvgIpc) is 2.78. The Labute approximate surface area is 201 Å². The van der Waals surface area contributed by atoms with E-state index in [0.29, 0.717) is 19.3 Å². The van der Waals surface area contributed by atoms with Crippen molar-refractivity contribution < 1.29 is 23.2 Å². The second-order valence-corrected chi connectivity index (χ2v) is 11.8. The molecule has 0 bridgehead atoms. The van der Waals surface area contributed by atoms with Gasteiger partial charge in [-0.15, -0.1) is 4.41 Å². The maximum Gasteiger partial charge on any atom is 0.247 e. The van der Waals surface area contributed by atoms with Crippen molar-refractivity contribution in [2.75, 3.05) is 17.8 Å². The summed E-state index contributed by atoms with van der Waals surface area (Å²) in [4.78, 5) is 25.9. The van der Waals surface area contributed by atoms with Crippen LogP contribution in [0, 0.1) is 17.8 Å². The van der Waals surface area contributed by atoms with E-state index in [0.717, 1.165) is 27.7 Å². The second-order valence-electron chi connectivity index (χ2n) is 8.75. The molecule has 2 amide bonds. The molecule has 1 aromatic rings. The lowest BCUT2D eigenvalue weighted by atomic mass is 9.82. The summed E-state index contributed by atoms with van der Waals surface area (Å²) in [7, 11) is -3.70. The van der Waals surface area contributed by atoms with Crippen molar-refractivity contribution in [3.8, 4) is 0 Å². The Morgan fingerprint density at radius 2 is 1.79 bits per heavy atom. The summed E-state index contributed by atoms with van der Waals surface area (Å²) < 4.78 is 26.0. The third-order valence-corrected chi connectivity index (χ3v) is 7.75. The number of hydrazine groups is 1. The Bertz CT molecular complexity index is 900. The van der Waals surface area contributed by atoms with Gasteiger partial charge in [-0.2, -0.15) is 11.8 Å². The van der Waals surface area contributed by atoms with Gasteiger partial charge in [0.15, 0.2) is 0 Å². The molecule has 1 fully saturated rings. The molecule has 1 aromatic carbocycles. The van der Waals surface area contributed by atoms with Gasteiger partial charge < -0.3 is 0 Å². The maximum atomic E-state index is 13.4. The summed E-state index contributed by atoms with van der Waals surface area (Å²) in [6, 6.07) is 9.23. The highest BCUT2D eigenvalue weighted by Gasteiger charge is 2.37. The van der Waals surface area contributed by atoms with Crippen molar-refractivity contribution in [1.29, 1.82) is 0 Å². The molecule has 0 unspecified atom stereocenters. The van der Waals surface area contributed by atoms with E-state index in [9.17, 15) is 23.2 Å². The van der Waals surface area contributed by atoms with Crippen LogP contribution in [0.4, 0.5) is 0 Å². The lowest BCUT2D eigenvalue weighted by Gasteiger charge is -2.34. The highest BCUT2D eigenvalue weighted by molar-refractivity contribution is 7.99. The number of carbonyl (C=O) groups is 2. The summed E-state index contributed by atoms with van der Waals surface area (Å²) in [6.07, 6.45) is 6.59. The lowest BCUT2D eigenvalue weighted by molar-refractivity contribution is -0.142. The van der Waals surface area contributed by atoms with E-state index in [1.54, 1.807) is 23.3 Å². The largest absolute Gasteiger partial charge is 0.289 e. The molecule has 0 spiro atoms. The second kappa shape index (κ2) is 13.1. The molecule has 184 valence electrons. The number of hydrogen-bond donors (Lipinski definition) is 3. The molecule has 0 aromatic heterocycles. The fraction of sp³-hybridized carbons (Fsp3) is 0.565. The molecule has 0 saturated carbocycles. The van der Waals surface area contributed by atoms with Crippen LogP contribution in [-0.2, 0) is 19.6 Å². The number of thioether (sulfide) groups is 1. The first-order chi connectivity index (χ1) is 15.6. The molecule has 8 nitrogen and oxygen atoms in total. The van der Waals surface area contributed by atoms with Crippen LogP contribution in [0.2, 0.25) is 0 Å². The number of hydroxylamine groups is 1. The molecule has 1 aliphatic rings. The molecular weight excluding hydrogens is 462 g/mol. The SMILES string of the molecule is CC(C)C[C@H](C(=O)NN(C1CCSCC1)S(C)(=O)=O)[C@H](CC=Cc1ccccc1)C(=O)NO. The Morgan fingerprint density at radius 1 is 1.15 bits per heavy atom. The zero-order valence-corrected chi connectivity index (χ0v) is 21.1. The molecule has 1 heterocycles. The van der Waals surface area contributed by atoms with Crippen molar-refractivity contribution in [3.05, 3.63) is 42.0 Å². The topological polar surface area (TPSA) is 116 Å². The molecule has 1 aliphatic heterocycles. The first kappa shape index (κ1) is 27.4. The quantitative estimate of drug-likeness (QED) is 0.320. The monoisotopic (exact) mass is 497 g/mol. The standard InChI is InChI=1S/C23H35N3O5S2/c1-17(2)16-21(20(23(28)25-29)11-7-10-18-8-5-4-6-9-18)22(27)24-26(33(3,30)31)19-12-14-32-15-13-19/h4-10,17,19-21,29H,11-16H2,1-3H3,(H,24,27)(H,25,28)/t20-,21-/m0/s1. The first-order valence-corrected chi connectivity index (χ1v) is 14.2.